The Balaban J connectivity index is 2.45. The molecule has 0 aliphatic heterocycles. The van der Waals surface area contributed by atoms with Crippen LogP contribution in [0.15, 0.2) is 12.5 Å². The van der Waals surface area contributed by atoms with Crippen molar-refractivity contribution in [2.24, 2.45) is 0 Å². The van der Waals surface area contributed by atoms with E-state index in [0.717, 1.165) is 24.1 Å². The number of nitrogens with zero attached hydrogens (tertiary/aromatic N) is 2. The van der Waals surface area contributed by atoms with Gasteiger partial charge in [0, 0.05) is 17.5 Å². The van der Waals surface area contributed by atoms with Crippen LogP contribution in [0.5, 0.6) is 0 Å². The molecule has 0 radical (unpaired) electrons. The standard InChI is InChI=1S/C8H10N2O/c1-6-7(4-9-5-10-6)8(11)2-3-8/h4-5,11H,2-3H2,1H3. The predicted octanol–water partition coefficient (Wildman–Crippen LogP) is 0.766. The molecule has 0 unspecified atom stereocenters. The molecule has 3 heteroatoms. The van der Waals surface area contributed by atoms with Gasteiger partial charge in [0.25, 0.3) is 0 Å². The third-order valence-electron chi connectivity index (χ3n) is 2.14. The maximum atomic E-state index is 9.70. The molecule has 1 aliphatic rings. The molecule has 1 aromatic rings. The Labute approximate surface area is 65.1 Å². The first-order valence-corrected chi connectivity index (χ1v) is 3.72. The normalized spacial score (nSPS) is 19.8. The molecule has 0 spiro atoms. The molecule has 1 saturated carbocycles. The Bertz CT molecular complexity index is 281. The van der Waals surface area contributed by atoms with E-state index in [1.54, 1.807) is 6.20 Å². The van der Waals surface area contributed by atoms with Gasteiger partial charge >= 0.3 is 0 Å². The van der Waals surface area contributed by atoms with Crippen LogP contribution in [0.4, 0.5) is 0 Å². The number of aryl methyl sites for hydroxylation is 1. The number of aromatic nitrogens is 2. The average Bonchev–Trinajstić information content (AvgIpc) is 2.70. The molecule has 0 amide bonds. The average molecular weight is 150 g/mol. The van der Waals surface area contributed by atoms with Gasteiger partial charge in [-0.1, -0.05) is 0 Å². The third-order valence-corrected chi connectivity index (χ3v) is 2.14. The van der Waals surface area contributed by atoms with Crippen molar-refractivity contribution in [2.75, 3.05) is 0 Å². The molecule has 2 rings (SSSR count). The highest BCUT2D eigenvalue weighted by Gasteiger charge is 2.43. The Hall–Kier alpha value is -0.960. The molecule has 3 nitrogen and oxygen atoms in total. The summed E-state index contributed by atoms with van der Waals surface area (Å²) in [7, 11) is 0. The fraction of sp³-hybridized carbons (Fsp3) is 0.500. The monoisotopic (exact) mass is 150 g/mol. The Kier molecular flexibility index (Phi) is 1.23. The lowest BCUT2D eigenvalue weighted by atomic mass is 10.1. The van der Waals surface area contributed by atoms with E-state index in [1.807, 2.05) is 6.92 Å². The summed E-state index contributed by atoms with van der Waals surface area (Å²) >= 11 is 0. The first-order chi connectivity index (χ1) is 5.22. The van der Waals surface area contributed by atoms with Crippen LogP contribution in [0.2, 0.25) is 0 Å². The molecule has 1 aliphatic carbocycles. The second-order valence-corrected chi connectivity index (χ2v) is 3.05. The minimum absolute atomic E-state index is 0.592. The first-order valence-electron chi connectivity index (χ1n) is 3.72. The summed E-state index contributed by atoms with van der Waals surface area (Å²) < 4.78 is 0. The zero-order chi connectivity index (χ0) is 7.90. The van der Waals surface area contributed by atoms with E-state index in [-0.39, 0.29) is 0 Å². The van der Waals surface area contributed by atoms with Crippen LogP contribution in [0.1, 0.15) is 24.1 Å². The van der Waals surface area contributed by atoms with E-state index in [2.05, 4.69) is 9.97 Å². The molecule has 1 fully saturated rings. The molecule has 0 atom stereocenters. The van der Waals surface area contributed by atoms with Crippen LogP contribution in [0, 0.1) is 6.92 Å². The van der Waals surface area contributed by atoms with Gasteiger partial charge in [-0.2, -0.15) is 0 Å². The Morgan fingerprint density at radius 1 is 1.55 bits per heavy atom. The summed E-state index contributed by atoms with van der Waals surface area (Å²) in [6.45, 7) is 1.90. The molecule has 11 heavy (non-hydrogen) atoms. The maximum Gasteiger partial charge on any atom is 0.115 e. The highest BCUT2D eigenvalue weighted by molar-refractivity contribution is 5.27. The van der Waals surface area contributed by atoms with Crippen LogP contribution in [-0.4, -0.2) is 15.1 Å². The van der Waals surface area contributed by atoms with Crippen LogP contribution >= 0.6 is 0 Å². The number of hydrogen-bond donors (Lipinski definition) is 1. The van der Waals surface area contributed by atoms with E-state index in [4.69, 9.17) is 0 Å². The summed E-state index contributed by atoms with van der Waals surface area (Å²) in [5.74, 6) is 0. The second kappa shape index (κ2) is 2.01. The molecule has 1 heterocycles. The van der Waals surface area contributed by atoms with Gasteiger partial charge in [0.15, 0.2) is 0 Å². The van der Waals surface area contributed by atoms with Gasteiger partial charge in [0.1, 0.15) is 6.33 Å². The minimum atomic E-state index is -0.592. The van der Waals surface area contributed by atoms with Crippen molar-refractivity contribution in [1.82, 2.24) is 9.97 Å². The van der Waals surface area contributed by atoms with Crippen molar-refractivity contribution in [3.8, 4) is 0 Å². The summed E-state index contributed by atoms with van der Waals surface area (Å²) in [6.07, 6.45) is 4.91. The van der Waals surface area contributed by atoms with Crippen LogP contribution < -0.4 is 0 Å². The highest BCUT2D eigenvalue weighted by Crippen LogP contribution is 2.45. The predicted molar refractivity (Wildman–Crippen MR) is 39.9 cm³/mol. The van der Waals surface area contributed by atoms with E-state index in [0.29, 0.717) is 0 Å². The number of rotatable bonds is 1. The van der Waals surface area contributed by atoms with Gasteiger partial charge < -0.3 is 5.11 Å². The van der Waals surface area contributed by atoms with Crippen LogP contribution in [0.3, 0.4) is 0 Å². The van der Waals surface area contributed by atoms with E-state index < -0.39 is 5.60 Å². The molecule has 0 aromatic carbocycles. The summed E-state index contributed by atoms with van der Waals surface area (Å²) in [5.41, 5.74) is 1.19. The van der Waals surface area contributed by atoms with Crippen molar-refractivity contribution >= 4 is 0 Å². The summed E-state index contributed by atoms with van der Waals surface area (Å²) in [4.78, 5) is 7.90. The summed E-state index contributed by atoms with van der Waals surface area (Å²) in [5, 5.41) is 9.70. The van der Waals surface area contributed by atoms with Gasteiger partial charge in [-0.05, 0) is 19.8 Å². The van der Waals surface area contributed by atoms with Crippen molar-refractivity contribution in [1.29, 1.82) is 0 Å². The molecule has 0 saturated heterocycles. The quantitative estimate of drug-likeness (QED) is 0.643. The van der Waals surface area contributed by atoms with Gasteiger partial charge in [-0.25, -0.2) is 9.97 Å². The van der Waals surface area contributed by atoms with Crippen LogP contribution in [0.25, 0.3) is 0 Å². The third kappa shape index (κ3) is 1.01. The topological polar surface area (TPSA) is 46.0 Å². The fourth-order valence-electron chi connectivity index (χ4n) is 1.24. The lowest BCUT2D eigenvalue weighted by Crippen LogP contribution is -2.08. The van der Waals surface area contributed by atoms with Gasteiger partial charge in [0.2, 0.25) is 0 Å². The minimum Gasteiger partial charge on any atom is -0.385 e. The molecule has 1 aromatic heterocycles. The smallest absolute Gasteiger partial charge is 0.115 e. The van der Waals surface area contributed by atoms with E-state index >= 15 is 0 Å². The molecule has 0 bridgehead atoms. The Morgan fingerprint density at radius 3 is 2.82 bits per heavy atom. The van der Waals surface area contributed by atoms with Crippen LogP contribution in [-0.2, 0) is 5.60 Å². The van der Waals surface area contributed by atoms with E-state index in [9.17, 15) is 5.11 Å². The van der Waals surface area contributed by atoms with Crippen molar-refractivity contribution in [3.05, 3.63) is 23.8 Å². The molecule has 58 valence electrons. The van der Waals surface area contributed by atoms with Crippen molar-refractivity contribution in [2.45, 2.75) is 25.4 Å². The Morgan fingerprint density at radius 2 is 2.27 bits per heavy atom. The molecular formula is C8H10N2O. The zero-order valence-corrected chi connectivity index (χ0v) is 6.41. The summed E-state index contributed by atoms with van der Waals surface area (Å²) in [6, 6.07) is 0. The van der Waals surface area contributed by atoms with Gasteiger partial charge in [-0.3, -0.25) is 0 Å². The van der Waals surface area contributed by atoms with E-state index in [1.165, 1.54) is 6.33 Å². The molecule has 1 N–H and O–H groups in total. The highest BCUT2D eigenvalue weighted by atomic mass is 16.3. The van der Waals surface area contributed by atoms with Crippen molar-refractivity contribution in [3.63, 3.8) is 0 Å². The SMILES string of the molecule is Cc1ncncc1C1(O)CC1. The first kappa shape index (κ1) is 6.73. The lowest BCUT2D eigenvalue weighted by molar-refractivity contribution is 0.150. The second-order valence-electron chi connectivity index (χ2n) is 3.05. The van der Waals surface area contributed by atoms with Gasteiger partial charge in [0.05, 0.1) is 5.60 Å². The zero-order valence-electron chi connectivity index (χ0n) is 6.41. The van der Waals surface area contributed by atoms with Gasteiger partial charge in [-0.15, -0.1) is 0 Å². The van der Waals surface area contributed by atoms with Crippen molar-refractivity contribution < 1.29 is 5.11 Å². The largest absolute Gasteiger partial charge is 0.385 e. The lowest BCUT2D eigenvalue weighted by Gasteiger charge is -2.08. The number of hydrogen-bond acceptors (Lipinski definition) is 3. The molecular weight excluding hydrogens is 140 g/mol. The number of aliphatic hydroxyl groups is 1. The maximum absolute atomic E-state index is 9.70. The fourth-order valence-corrected chi connectivity index (χ4v) is 1.24.